The Morgan fingerprint density at radius 1 is 1.38 bits per heavy atom. The summed E-state index contributed by atoms with van der Waals surface area (Å²) in [5.41, 5.74) is 2.40. The van der Waals surface area contributed by atoms with Crippen LogP contribution in [0.5, 0.6) is 0 Å². The maximum absolute atomic E-state index is 11.5. The van der Waals surface area contributed by atoms with Crippen molar-refractivity contribution in [1.82, 2.24) is 9.78 Å². The Bertz CT molecular complexity index is 722. The molecule has 0 saturated carbocycles. The average molecular weight is 308 g/mol. The van der Waals surface area contributed by atoms with Gasteiger partial charge in [0.15, 0.2) is 0 Å². The van der Waals surface area contributed by atoms with Crippen LogP contribution in [0.1, 0.15) is 24.5 Å². The van der Waals surface area contributed by atoms with Crippen LogP contribution in [0, 0.1) is 6.92 Å². The van der Waals surface area contributed by atoms with Gasteiger partial charge in [0.05, 0.1) is 11.1 Å². The molecule has 1 aromatic carbocycles. The standard InChI is InChI=1S/C14H20N4O2S/c1-3-6-18-10-12(9-17-18)8-16-13-5-4-11(2)14(7-13)21(15,19)20/h4-5,7,9-10,16H,3,6,8H2,1-2H3,(H2,15,19,20). The fourth-order valence-corrected chi connectivity index (χ4v) is 2.88. The van der Waals surface area contributed by atoms with Crippen LogP contribution in [-0.2, 0) is 23.1 Å². The largest absolute Gasteiger partial charge is 0.381 e. The lowest BCUT2D eigenvalue weighted by molar-refractivity contribution is 0.597. The van der Waals surface area contributed by atoms with E-state index in [1.165, 1.54) is 0 Å². The van der Waals surface area contributed by atoms with Crippen molar-refractivity contribution in [3.8, 4) is 0 Å². The summed E-state index contributed by atoms with van der Waals surface area (Å²) in [6.07, 6.45) is 4.81. The van der Waals surface area contributed by atoms with Crippen LogP contribution in [0.25, 0.3) is 0 Å². The van der Waals surface area contributed by atoms with Gasteiger partial charge in [0.2, 0.25) is 10.0 Å². The van der Waals surface area contributed by atoms with E-state index in [-0.39, 0.29) is 4.90 Å². The summed E-state index contributed by atoms with van der Waals surface area (Å²) < 4.78 is 24.9. The topological polar surface area (TPSA) is 90.0 Å². The fourth-order valence-electron chi connectivity index (χ4n) is 2.07. The van der Waals surface area contributed by atoms with E-state index in [2.05, 4.69) is 17.3 Å². The van der Waals surface area contributed by atoms with E-state index in [0.29, 0.717) is 17.8 Å². The maximum Gasteiger partial charge on any atom is 0.238 e. The monoisotopic (exact) mass is 308 g/mol. The molecule has 0 aliphatic rings. The molecule has 0 atom stereocenters. The van der Waals surface area contributed by atoms with Gasteiger partial charge in [0.1, 0.15) is 0 Å². The molecule has 0 radical (unpaired) electrons. The normalized spacial score (nSPS) is 11.6. The van der Waals surface area contributed by atoms with Gasteiger partial charge in [0, 0.05) is 30.5 Å². The summed E-state index contributed by atoms with van der Waals surface area (Å²) in [5.74, 6) is 0. The summed E-state index contributed by atoms with van der Waals surface area (Å²) in [4.78, 5) is 0.147. The van der Waals surface area contributed by atoms with E-state index in [0.717, 1.165) is 18.5 Å². The highest BCUT2D eigenvalue weighted by Crippen LogP contribution is 2.19. The molecule has 0 aliphatic heterocycles. The molecule has 6 nitrogen and oxygen atoms in total. The van der Waals surface area contributed by atoms with Crippen LogP contribution in [0.2, 0.25) is 0 Å². The Hall–Kier alpha value is -1.86. The zero-order valence-electron chi connectivity index (χ0n) is 12.2. The summed E-state index contributed by atoms with van der Waals surface area (Å²) in [7, 11) is -3.70. The lowest BCUT2D eigenvalue weighted by Crippen LogP contribution is -2.14. The smallest absolute Gasteiger partial charge is 0.238 e. The number of nitrogens with one attached hydrogen (secondary N) is 1. The first-order chi connectivity index (χ1) is 9.90. The van der Waals surface area contributed by atoms with Crippen molar-refractivity contribution < 1.29 is 8.42 Å². The van der Waals surface area contributed by atoms with Gasteiger partial charge < -0.3 is 5.32 Å². The van der Waals surface area contributed by atoms with Gasteiger partial charge in [-0.05, 0) is 31.0 Å². The minimum Gasteiger partial charge on any atom is -0.381 e. The van der Waals surface area contributed by atoms with E-state index >= 15 is 0 Å². The summed E-state index contributed by atoms with van der Waals surface area (Å²) in [6, 6.07) is 5.13. The van der Waals surface area contributed by atoms with E-state index in [1.807, 2.05) is 16.9 Å². The van der Waals surface area contributed by atoms with E-state index in [1.54, 1.807) is 25.3 Å². The molecule has 7 heteroatoms. The van der Waals surface area contributed by atoms with Crippen LogP contribution in [0.4, 0.5) is 5.69 Å². The van der Waals surface area contributed by atoms with Gasteiger partial charge in [-0.2, -0.15) is 5.10 Å². The Morgan fingerprint density at radius 3 is 2.81 bits per heavy atom. The van der Waals surface area contributed by atoms with Crippen molar-refractivity contribution in [1.29, 1.82) is 0 Å². The SMILES string of the molecule is CCCn1cc(CNc2ccc(C)c(S(N)(=O)=O)c2)cn1. The molecule has 3 N–H and O–H groups in total. The second-order valence-electron chi connectivity index (χ2n) is 4.99. The predicted octanol–water partition coefficient (Wildman–Crippen LogP) is 1.86. The lowest BCUT2D eigenvalue weighted by atomic mass is 10.2. The predicted molar refractivity (Wildman–Crippen MR) is 82.4 cm³/mol. The molecule has 0 unspecified atom stereocenters. The highest BCUT2D eigenvalue weighted by Gasteiger charge is 2.12. The van der Waals surface area contributed by atoms with Crippen molar-refractivity contribution >= 4 is 15.7 Å². The number of aryl methyl sites for hydroxylation is 2. The van der Waals surface area contributed by atoms with Crippen molar-refractivity contribution in [3.05, 3.63) is 41.7 Å². The molecule has 2 rings (SSSR count). The van der Waals surface area contributed by atoms with Gasteiger partial charge >= 0.3 is 0 Å². The molecule has 2 aromatic rings. The minimum atomic E-state index is -3.70. The van der Waals surface area contributed by atoms with Gasteiger partial charge in [-0.3, -0.25) is 4.68 Å². The molecule has 0 aliphatic carbocycles. The number of benzene rings is 1. The molecule has 0 amide bonds. The molecule has 0 fully saturated rings. The van der Waals surface area contributed by atoms with Gasteiger partial charge in [0.25, 0.3) is 0 Å². The highest BCUT2D eigenvalue weighted by molar-refractivity contribution is 7.89. The average Bonchev–Trinajstić information content (AvgIpc) is 2.85. The number of hydrogen-bond acceptors (Lipinski definition) is 4. The lowest BCUT2D eigenvalue weighted by Gasteiger charge is -2.09. The number of aromatic nitrogens is 2. The van der Waals surface area contributed by atoms with Crippen molar-refractivity contribution in [2.75, 3.05) is 5.32 Å². The fraction of sp³-hybridized carbons (Fsp3) is 0.357. The van der Waals surface area contributed by atoms with Gasteiger partial charge in [-0.25, -0.2) is 13.6 Å². The van der Waals surface area contributed by atoms with Crippen molar-refractivity contribution in [2.24, 2.45) is 5.14 Å². The first kappa shape index (κ1) is 15.5. The number of anilines is 1. The molecule has 21 heavy (non-hydrogen) atoms. The first-order valence-electron chi connectivity index (χ1n) is 6.79. The van der Waals surface area contributed by atoms with Crippen LogP contribution in [0.15, 0.2) is 35.5 Å². The minimum absolute atomic E-state index is 0.147. The summed E-state index contributed by atoms with van der Waals surface area (Å²) in [6.45, 7) is 5.29. The number of rotatable bonds is 6. The Balaban J connectivity index is 2.09. The third-order valence-corrected chi connectivity index (χ3v) is 4.18. The quantitative estimate of drug-likeness (QED) is 0.852. The molecule has 0 bridgehead atoms. The summed E-state index contributed by atoms with van der Waals surface area (Å²) in [5, 5.41) is 12.6. The van der Waals surface area contributed by atoms with Crippen molar-refractivity contribution in [2.45, 2.75) is 38.3 Å². The van der Waals surface area contributed by atoms with E-state index in [4.69, 9.17) is 5.14 Å². The number of nitrogens with zero attached hydrogens (tertiary/aromatic N) is 2. The highest BCUT2D eigenvalue weighted by atomic mass is 32.2. The maximum atomic E-state index is 11.5. The van der Waals surface area contributed by atoms with Crippen LogP contribution >= 0.6 is 0 Å². The van der Waals surface area contributed by atoms with Crippen molar-refractivity contribution in [3.63, 3.8) is 0 Å². The Kier molecular flexibility index (Phi) is 4.64. The zero-order chi connectivity index (χ0) is 15.5. The van der Waals surface area contributed by atoms with E-state index < -0.39 is 10.0 Å². The molecule has 1 heterocycles. The number of sulfonamides is 1. The van der Waals surface area contributed by atoms with Crippen LogP contribution < -0.4 is 10.5 Å². The number of primary sulfonamides is 1. The van der Waals surface area contributed by atoms with Gasteiger partial charge in [-0.1, -0.05) is 13.0 Å². The third-order valence-electron chi connectivity index (χ3n) is 3.13. The van der Waals surface area contributed by atoms with Crippen LogP contribution in [0.3, 0.4) is 0 Å². The molecule has 1 aromatic heterocycles. The Morgan fingerprint density at radius 2 is 2.14 bits per heavy atom. The second kappa shape index (κ2) is 6.28. The summed E-state index contributed by atoms with van der Waals surface area (Å²) >= 11 is 0. The third kappa shape index (κ3) is 4.05. The molecule has 114 valence electrons. The first-order valence-corrected chi connectivity index (χ1v) is 8.33. The molecule has 0 spiro atoms. The molecular formula is C14H20N4O2S. The number of nitrogens with two attached hydrogens (primary N) is 1. The van der Waals surface area contributed by atoms with Crippen LogP contribution in [-0.4, -0.2) is 18.2 Å². The van der Waals surface area contributed by atoms with Gasteiger partial charge in [-0.15, -0.1) is 0 Å². The molecular weight excluding hydrogens is 288 g/mol. The zero-order valence-corrected chi connectivity index (χ0v) is 13.0. The molecule has 0 saturated heterocycles. The number of hydrogen-bond donors (Lipinski definition) is 2. The van der Waals surface area contributed by atoms with E-state index in [9.17, 15) is 8.42 Å². The second-order valence-corrected chi connectivity index (χ2v) is 6.52. The Labute approximate surface area is 125 Å².